The van der Waals surface area contributed by atoms with Crippen LogP contribution in [-0.2, 0) is 4.79 Å². The molecule has 0 saturated carbocycles. The Labute approximate surface area is 181 Å². The molecule has 0 spiro atoms. The van der Waals surface area contributed by atoms with E-state index in [1.54, 1.807) is 6.20 Å². The van der Waals surface area contributed by atoms with Gasteiger partial charge >= 0.3 is 0 Å². The summed E-state index contributed by atoms with van der Waals surface area (Å²) in [6, 6.07) is 13.9. The molecule has 3 rings (SSSR count). The van der Waals surface area contributed by atoms with E-state index in [4.69, 9.17) is 4.74 Å². The molecule has 0 saturated heterocycles. The minimum atomic E-state index is -0.781. The zero-order valence-electron chi connectivity index (χ0n) is 17.5. The summed E-state index contributed by atoms with van der Waals surface area (Å²) >= 11 is 1.36. The van der Waals surface area contributed by atoms with Crippen molar-refractivity contribution < 1.29 is 14.6 Å². The Hall–Kier alpha value is -2.77. The summed E-state index contributed by atoms with van der Waals surface area (Å²) in [5.41, 5.74) is 4.45. The van der Waals surface area contributed by atoms with Gasteiger partial charge in [-0.2, -0.15) is 0 Å². The van der Waals surface area contributed by atoms with Gasteiger partial charge in [-0.3, -0.25) is 9.36 Å². The number of carbonyl (C=O) groups excluding carboxylic acids is 1. The fourth-order valence-electron chi connectivity index (χ4n) is 2.93. The van der Waals surface area contributed by atoms with Crippen LogP contribution in [0.15, 0.2) is 60.0 Å². The number of aromatic nitrogens is 2. The van der Waals surface area contributed by atoms with Crippen LogP contribution in [0.25, 0.3) is 5.69 Å². The number of rotatable bonds is 9. The molecule has 6 nitrogen and oxygen atoms in total. The van der Waals surface area contributed by atoms with Crippen molar-refractivity contribution in [2.24, 2.45) is 0 Å². The van der Waals surface area contributed by atoms with E-state index in [9.17, 15) is 9.90 Å². The number of nitrogens with zero attached hydrogens (tertiary/aromatic N) is 2. The Kier molecular flexibility index (Phi) is 7.54. The van der Waals surface area contributed by atoms with Gasteiger partial charge in [-0.25, -0.2) is 4.98 Å². The number of aliphatic hydroxyl groups is 1. The highest BCUT2D eigenvalue weighted by atomic mass is 32.2. The number of imidazole rings is 1. The van der Waals surface area contributed by atoms with Gasteiger partial charge in [-0.05, 0) is 55.7 Å². The molecule has 7 heteroatoms. The number of thioether (sulfide) groups is 1. The molecule has 0 aliphatic heterocycles. The van der Waals surface area contributed by atoms with E-state index in [-0.39, 0.29) is 24.8 Å². The Balaban J connectivity index is 1.46. The van der Waals surface area contributed by atoms with Crippen molar-refractivity contribution in [3.05, 3.63) is 71.5 Å². The SMILES string of the molecule is Cc1cccc(OCC(O)CNC(=O)CSc2nccn2-c2cc(C)ccc2C)c1. The lowest BCUT2D eigenvalue weighted by Crippen LogP contribution is -2.36. The number of aliphatic hydroxyl groups excluding tert-OH is 1. The minimum Gasteiger partial charge on any atom is -0.491 e. The molecule has 1 unspecified atom stereocenters. The van der Waals surface area contributed by atoms with E-state index < -0.39 is 6.10 Å². The minimum absolute atomic E-state index is 0.119. The Morgan fingerprint density at radius 3 is 2.80 bits per heavy atom. The average molecular weight is 426 g/mol. The van der Waals surface area contributed by atoms with Gasteiger partial charge in [0.05, 0.1) is 11.4 Å². The maximum atomic E-state index is 12.2. The van der Waals surface area contributed by atoms with E-state index in [1.807, 2.05) is 48.9 Å². The van der Waals surface area contributed by atoms with Crippen LogP contribution in [0.5, 0.6) is 5.75 Å². The smallest absolute Gasteiger partial charge is 0.230 e. The second-order valence-electron chi connectivity index (χ2n) is 7.24. The maximum Gasteiger partial charge on any atom is 0.230 e. The quantitative estimate of drug-likeness (QED) is 0.514. The van der Waals surface area contributed by atoms with E-state index >= 15 is 0 Å². The first-order valence-corrected chi connectivity index (χ1v) is 10.8. The molecule has 0 fully saturated rings. The van der Waals surface area contributed by atoms with Crippen LogP contribution in [0.1, 0.15) is 16.7 Å². The first-order valence-electron chi connectivity index (χ1n) is 9.80. The Morgan fingerprint density at radius 2 is 2.00 bits per heavy atom. The normalized spacial score (nSPS) is 11.9. The fraction of sp³-hybridized carbons (Fsp3) is 0.304. The van der Waals surface area contributed by atoms with Crippen molar-refractivity contribution in [3.8, 4) is 11.4 Å². The first kappa shape index (κ1) is 21.9. The lowest BCUT2D eigenvalue weighted by Gasteiger charge is -2.14. The molecular formula is C23H27N3O3S. The van der Waals surface area contributed by atoms with Crippen LogP contribution in [0, 0.1) is 20.8 Å². The van der Waals surface area contributed by atoms with Crippen molar-refractivity contribution in [2.75, 3.05) is 18.9 Å². The topological polar surface area (TPSA) is 76.4 Å². The molecule has 158 valence electrons. The molecule has 2 aromatic carbocycles. The van der Waals surface area contributed by atoms with Crippen LogP contribution >= 0.6 is 11.8 Å². The van der Waals surface area contributed by atoms with Gasteiger partial charge in [-0.1, -0.05) is 36.0 Å². The van der Waals surface area contributed by atoms with Crippen molar-refractivity contribution in [1.29, 1.82) is 0 Å². The second kappa shape index (κ2) is 10.3. The van der Waals surface area contributed by atoms with E-state index in [0.29, 0.717) is 5.75 Å². The number of ether oxygens (including phenoxy) is 1. The third kappa shape index (κ3) is 6.11. The lowest BCUT2D eigenvalue weighted by atomic mass is 10.1. The third-order valence-electron chi connectivity index (χ3n) is 4.53. The van der Waals surface area contributed by atoms with E-state index in [1.165, 1.54) is 17.3 Å². The molecule has 30 heavy (non-hydrogen) atoms. The Morgan fingerprint density at radius 1 is 1.20 bits per heavy atom. The van der Waals surface area contributed by atoms with Gasteiger partial charge in [-0.15, -0.1) is 0 Å². The highest BCUT2D eigenvalue weighted by Gasteiger charge is 2.12. The lowest BCUT2D eigenvalue weighted by molar-refractivity contribution is -0.119. The fourth-order valence-corrected chi connectivity index (χ4v) is 3.72. The highest BCUT2D eigenvalue weighted by Crippen LogP contribution is 2.23. The van der Waals surface area contributed by atoms with Gasteiger partial charge in [0.25, 0.3) is 0 Å². The van der Waals surface area contributed by atoms with Crippen LogP contribution in [0.3, 0.4) is 0 Å². The van der Waals surface area contributed by atoms with Crippen LogP contribution in [-0.4, -0.2) is 45.6 Å². The van der Waals surface area contributed by atoms with Crippen molar-refractivity contribution in [3.63, 3.8) is 0 Å². The molecule has 1 aromatic heterocycles. The molecule has 0 bridgehead atoms. The predicted octanol–water partition coefficient (Wildman–Crippen LogP) is 3.45. The summed E-state index contributed by atoms with van der Waals surface area (Å²) in [4.78, 5) is 16.6. The number of carbonyl (C=O) groups is 1. The van der Waals surface area contributed by atoms with Crippen molar-refractivity contribution >= 4 is 17.7 Å². The Bertz CT molecular complexity index is 1000. The van der Waals surface area contributed by atoms with Gasteiger partial charge in [0, 0.05) is 18.9 Å². The number of aryl methyl sites for hydroxylation is 3. The largest absolute Gasteiger partial charge is 0.491 e. The van der Waals surface area contributed by atoms with Gasteiger partial charge < -0.3 is 15.2 Å². The summed E-state index contributed by atoms with van der Waals surface area (Å²) in [5, 5.41) is 13.6. The van der Waals surface area contributed by atoms with Gasteiger partial charge in [0.15, 0.2) is 5.16 Å². The molecule has 0 aliphatic rings. The average Bonchev–Trinajstić information content (AvgIpc) is 3.19. The number of amides is 1. The number of hydrogen-bond acceptors (Lipinski definition) is 5. The standard InChI is InChI=1S/C23H27N3O3S/c1-16-5-4-6-20(11-16)29-14-19(27)13-25-22(28)15-30-23-24-9-10-26(23)21-12-17(2)7-8-18(21)3/h4-12,19,27H,13-15H2,1-3H3,(H,25,28). The first-order chi connectivity index (χ1) is 14.4. The maximum absolute atomic E-state index is 12.2. The number of benzene rings is 2. The van der Waals surface area contributed by atoms with Crippen molar-refractivity contribution in [1.82, 2.24) is 14.9 Å². The molecule has 1 atom stereocenters. The van der Waals surface area contributed by atoms with Crippen LogP contribution < -0.4 is 10.1 Å². The second-order valence-corrected chi connectivity index (χ2v) is 8.19. The molecule has 0 radical (unpaired) electrons. The van der Waals surface area contributed by atoms with Crippen molar-refractivity contribution in [2.45, 2.75) is 32.0 Å². The van der Waals surface area contributed by atoms with Crippen LogP contribution in [0.4, 0.5) is 0 Å². The van der Waals surface area contributed by atoms with Gasteiger partial charge in [0.2, 0.25) is 5.91 Å². The molecule has 3 aromatic rings. The molecule has 2 N–H and O–H groups in total. The van der Waals surface area contributed by atoms with E-state index in [0.717, 1.165) is 22.0 Å². The van der Waals surface area contributed by atoms with Gasteiger partial charge in [0.1, 0.15) is 18.5 Å². The zero-order valence-corrected chi connectivity index (χ0v) is 18.3. The molecular weight excluding hydrogens is 398 g/mol. The molecule has 1 amide bonds. The number of hydrogen-bond donors (Lipinski definition) is 2. The highest BCUT2D eigenvalue weighted by molar-refractivity contribution is 7.99. The van der Waals surface area contributed by atoms with Crippen LogP contribution in [0.2, 0.25) is 0 Å². The third-order valence-corrected chi connectivity index (χ3v) is 5.50. The summed E-state index contributed by atoms with van der Waals surface area (Å²) in [5.74, 6) is 0.757. The monoisotopic (exact) mass is 425 g/mol. The summed E-state index contributed by atoms with van der Waals surface area (Å²) in [6.45, 7) is 6.33. The summed E-state index contributed by atoms with van der Waals surface area (Å²) < 4.78 is 7.56. The van der Waals surface area contributed by atoms with E-state index in [2.05, 4.69) is 35.4 Å². The molecule has 1 heterocycles. The molecule has 0 aliphatic carbocycles. The summed E-state index contributed by atoms with van der Waals surface area (Å²) in [7, 11) is 0. The zero-order chi connectivity index (χ0) is 21.5. The predicted molar refractivity (Wildman–Crippen MR) is 119 cm³/mol. The number of nitrogens with one attached hydrogen (secondary N) is 1. The summed E-state index contributed by atoms with van der Waals surface area (Å²) in [6.07, 6.45) is 2.85.